The fourth-order valence-electron chi connectivity index (χ4n) is 8.22. The first kappa shape index (κ1) is 32.6. The van der Waals surface area contributed by atoms with Gasteiger partial charge in [-0.15, -0.1) is 11.8 Å². The fraction of sp³-hybridized carbons (Fsp3) is 0.294. The zero-order chi connectivity index (χ0) is 34.4. The molecule has 0 radical (unpaired) electrons. The van der Waals surface area contributed by atoms with Gasteiger partial charge in [-0.2, -0.15) is 13.2 Å². The van der Waals surface area contributed by atoms with E-state index in [9.17, 15) is 32.3 Å². The van der Waals surface area contributed by atoms with E-state index in [-0.39, 0.29) is 45.4 Å². The minimum atomic E-state index is -4.56. The molecule has 4 aromatic rings. The number of rotatable bonds is 6. The molecule has 3 aromatic carbocycles. The van der Waals surface area contributed by atoms with Gasteiger partial charge in [-0.1, -0.05) is 44.9 Å². The van der Waals surface area contributed by atoms with E-state index in [4.69, 9.17) is 16.3 Å². The van der Waals surface area contributed by atoms with E-state index in [0.717, 1.165) is 32.8 Å². The van der Waals surface area contributed by atoms with Gasteiger partial charge in [0.1, 0.15) is 5.75 Å². The van der Waals surface area contributed by atoms with Gasteiger partial charge >= 0.3 is 11.0 Å². The van der Waals surface area contributed by atoms with E-state index in [0.29, 0.717) is 33.5 Å². The van der Waals surface area contributed by atoms with Gasteiger partial charge in [0.15, 0.2) is 6.61 Å². The number of thiazole rings is 1. The Bertz CT molecular complexity index is 2090. The Kier molecular flexibility index (Phi) is 8.00. The summed E-state index contributed by atoms with van der Waals surface area (Å²) in [6.07, 6.45) is -3.88. The number of hydrogen-bond donors (Lipinski definition) is 2. The van der Waals surface area contributed by atoms with Crippen LogP contribution in [0.5, 0.6) is 5.75 Å². The van der Waals surface area contributed by atoms with Gasteiger partial charge < -0.3 is 15.0 Å². The van der Waals surface area contributed by atoms with E-state index in [1.807, 2.05) is 6.07 Å². The number of hydrogen-bond acceptors (Lipinski definition) is 7. The van der Waals surface area contributed by atoms with Gasteiger partial charge in [-0.05, 0) is 84.8 Å². The van der Waals surface area contributed by atoms with E-state index in [2.05, 4.69) is 26.2 Å². The number of nitrogens with zero attached hydrogens (tertiary/aromatic N) is 1. The number of halogens is 5. The molecule has 8 rings (SSSR count). The predicted octanol–water partition coefficient (Wildman–Crippen LogP) is 7.57. The molecule has 3 heterocycles. The average Bonchev–Trinajstić information content (AvgIpc) is 3.79. The van der Waals surface area contributed by atoms with Gasteiger partial charge in [0.05, 0.1) is 28.1 Å². The van der Waals surface area contributed by atoms with Gasteiger partial charge in [-0.3, -0.25) is 24.1 Å². The number of carbonyl (C=O) groups is 3. The molecule has 8 nitrogen and oxygen atoms in total. The number of aromatic nitrogens is 1. The van der Waals surface area contributed by atoms with Crippen LogP contribution in [0.25, 0.3) is 0 Å². The highest BCUT2D eigenvalue weighted by Crippen LogP contribution is 2.69. The van der Waals surface area contributed by atoms with Gasteiger partial charge in [-0.25, -0.2) is 0 Å². The smallest absolute Gasteiger partial charge is 0.416 e. The molecule has 252 valence electrons. The van der Waals surface area contributed by atoms with Crippen LogP contribution in [0, 0.1) is 29.6 Å². The third-order valence-electron chi connectivity index (χ3n) is 9.95. The molecule has 0 spiro atoms. The van der Waals surface area contributed by atoms with Crippen LogP contribution in [0.4, 0.5) is 24.5 Å². The number of amides is 3. The van der Waals surface area contributed by atoms with Crippen LogP contribution in [0.15, 0.2) is 81.0 Å². The molecule has 2 saturated carbocycles. The van der Waals surface area contributed by atoms with Crippen LogP contribution in [0.3, 0.4) is 0 Å². The van der Waals surface area contributed by atoms with Crippen molar-refractivity contribution >= 4 is 79.7 Å². The SMILES string of the molecule is O=C(COc1ccc(Br)cc1[C@@H]1c2sc(=O)[nH]c2S[C@@H]2[C@@H]3C[C@@H]([C@@H]4C(=O)N(c5ccc(Cl)cc5)C(=O)[C@@H]34)[C@H]12)Nc1cccc(C(F)(F)F)c1. The Morgan fingerprint density at radius 1 is 1.02 bits per heavy atom. The predicted molar refractivity (Wildman–Crippen MR) is 182 cm³/mol. The lowest BCUT2D eigenvalue weighted by atomic mass is 9.68. The number of benzene rings is 3. The number of alkyl halides is 3. The van der Waals surface area contributed by atoms with E-state index in [1.165, 1.54) is 17.0 Å². The summed E-state index contributed by atoms with van der Waals surface area (Å²) in [5, 5.41) is 3.60. The zero-order valence-electron chi connectivity index (χ0n) is 25.0. The molecular formula is C34H24BrClF3N3O5S2. The van der Waals surface area contributed by atoms with Crippen molar-refractivity contribution in [3.63, 3.8) is 0 Å². The van der Waals surface area contributed by atoms with Crippen molar-refractivity contribution in [1.82, 2.24) is 4.98 Å². The standard InChI is InChI=1S/C34H24BrClF3N3O5S2/c35-15-4-9-22(47-13-23(43)40-17-3-1-2-14(10-17)34(37,38)39)19(11-15)24-25-20-12-21(28(25)48-30-29(24)49-33(46)41-30)27-26(20)31(44)42(32(27)45)18-7-5-16(36)6-8-18/h1-11,20-21,24-28H,12-13H2,(H,40,43)(H,41,46)/t20-,21-,24+,25-,26+,27+,28-/m1/s1. The van der Waals surface area contributed by atoms with E-state index >= 15 is 0 Å². The molecule has 2 aliphatic carbocycles. The van der Waals surface area contributed by atoms with Crippen LogP contribution in [0.1, 0.15) is 28.3 Å². The van der Waals surface area contributed by atoms with Crippen LogP contribution < -0.4 is 19.8 Å². The number of anilines is 2. The van der Waals surface area contributed by atoms with Gasteiger partial charge in [0, 0.05) is 36.8 Å². The molecule has 2 N–H and O–H groups in total. The summed E-state index contributed by atoms with van der Waals surface area (Å²) in [4.78, 5) is 58.4. The van der Waals surface area contributed by atoms with Crippen LogP contribution in [0.2, 0.25) is 5.02 Å². The summed E-state index contributed by atoms with van der Waals surface area (Å²) in [5.74, 6) is -2.55. The van der Waals surface area contributed by atoms with Crippen molar-refractivity contribution in [3.05, 3.63) is 102 Å². The Balaban J connectivity index is 1.11. The second-order valence-electron chi connectivity index (χ2n) is 12.5. The highest BCUT2D eigenvalue weighted by Gasteiger charge is 2.70. The fourth-order valence-corrected chi connectivity index (χ4v) is 11.6. The lowest BCUT2D eigenvalue weighted by Gasteiger charge is -2.43. The van der Waals surface area contributed by atoms with Crippen molar-refractivity contribution in [2.45, 2.75) is 28.8 Å². The van der Waals surface area contributed by atoms with Crippen LogP contribution in [-0.4, -0.2) is 34.6 Å². The molecule has 0 unspecified atom stereocenters. The summed E-state index contributed by atoms with van der Waals surface area (Å²) in [6, 6.07) is 16.3. The molecule has 3 amide bonds. The number of carbonyl (C=O) groups excluding carboxylic acids is 3. The molecule has 49 heavy (non-hydrogen) atoms. The minimum absolute atomic E-state index is 0.0201. The molecule has 3 fully saturated rings. The molecule has 1 saturated heterocycles. The molecule has 4 aliphatic rings. The third kappa shape index (κ3) is 5.51. The molecular weight excluding hydrogens is 767 g/mol. The van der Waals surface area contributed by atoms with Gasteiger partial charge in [0.2, 0.25) is 11.8 Å². The van der Waals surface area contributed by atoms with E-state index in [1.54, 1.807) is 48.2 Å². The number of fused-ring (bicyclic) bond motifs is 9. The lowest BCUT2D eigenvalue weighted by molar-refractivity contribution is -0.137. The number of nitrogens with one attached hydrogen (secondary N) is 2. The summed E-state index contributed by atoms with van der Waals surface area (Å²) in [5.41, 5.74) is 0.269. The maximum atomic E-state index is 14.0. The first-order valence-electron chi connectivity index (χ1n) is 15.3. The molecule has 2 aliphatic heterocycles. The first-order chi connectivity index (χ1) is 23.4. The topological polar surface area (TPSA) is 109 Å². The average molecular weight is 791 g/mol. The Morgan fingerprint density at radius 2 is 1.76 bits per heavy atom. The number of imide groups is 1. The van der Waals surface area contributed by atoms with Crippen molar-refractivity contribution in [3.8, 4) is 5.75 Å². The maximum Gasteiger partial charge on any atom is 0.416 e. The maximum absolute atomic E-state index is 14.0. The van der Waals surface area contributed by atoms with Crippen molar-refractivity contribution in [2.75, 3.05) is 16.8 Å². The van der Waals surface area contributed by atoms with Gasteiger partial charge in [0.25, 0.3) is 5.91 Å². The Hall–Kier alpha value is -3.59. The quantitative estimate of drug-likeness (QED) is 0.195. The minimum Gasteiger partial charge on any atom is -0.483 e. The summed E-state index contributed by atoms with van der Waals surface area (Å²) in [6.45, 7) is -0.490. The lowest BCUT2D eigenvalue weighted by Crippen LogP contribution is -2.42. The summed E-state index contributed by atoms with van der Waals surface area (Å²) < 4.78 is 46.4. The highest BCUT2D eigenvalue weighted by atomic mass is 79.9. The van der Waals surface area contributed by atoms with E-state index < -0.39 is 42.0 Å². The summed E-state index contributed by atoms with van der Waals surface area (Å²) >= 11 is 12.3. The molecule has 2 bridgehead atoms. The largest absolute Gasteiger partial charge is 0.483 e. The van der Waals surface area contributed by atoms with Crippen molar-refractivity contribution in [1.29, 1.82) is 0 Å². The normalized spacial score (nSPS) is 26.8. The second kappa shape index (κ2) is 12.0. The Labute approximate surface area is 298 Å². The highest BCUT2D eigenvalue weighted by molar-refractivity contribution is 9.10. The van der Waals surface area contributed by atoms with Crippen LogP contribution >= 0.6 is 50.6 Å². The number of H-pyrrole nitrogens is 1. The first-order valence-corrected chi connectivity index (χ1v) is 18.2. The molecule has 15 heteroatoms. The third-order valence-corrected chi connectivity index (χ3v) is 13.3. The van der Waals surface area contributed by atoms with Crippen LogP contribution in [-0.2, 0) is 20.6 Å². The Morgan fingerprint density at radius 3 is 2.49 bits per heavy atom. The number of aromatic amines is 1. The summed E-state index contributed by atoms with van der Waals surface area (Å²) in [7, 11) is 0. The van der Waals surface area contributed by atoms with Crippen molar-refractivity contribution in [2.24, 2.45) is 29.6 Å². The molecule has 7 atom stereocenters. The zero-order valence-corrected chi connectivity index (χ0v) is 29.0. The number of ether oxygens (including phenoxy) is 1. The monoisotopic (exact) mass is 789 g/mol. The molecule has 1 aromatic heterocycles. The second-order valence-corrected chi connectivity index (χ2v) is 16.1. The number of thioether (sulfide) groups is 1. The van der Waals surface area contributed by atoms with Crippen molar-refractivity contribution < 1.29 is 32.3 Å².